The van der Waals surface area contributed by atoms with E-state index in [1.807, 2.05) is 0 Å². The Bertz CT molecular complexity index is 519. The van der Waals surface area contributed by atoms with Crippen LogP contribution in [0, 0.1) is 5.92 Å². The van der Waals surface area contributed by atoms with Gasteiger partial charge in [-0.3, -0.25) is 4.79 Å². The molecule has 0 aliphatic heterocycles. The molecule has 0 saturated heterocycles. The van der Waals surface area contributed by atoms with E-state index in [1.165, 1.54) is 0 Å². The number of hydrogen-bond donors (Lipinski definition) is 2. The summed E-state index contributed by atoms with van der Waals surface area (Å²) < 4.78 is 5.03. The molecule has 2 atom stereocenters. The van der Waals surface area contributed by atoms with Crippen molar-refractivity contribution < 1.29 is 14.3 Å². The smallest absolute Gasteiger partial charge is 0.341 e. The van der Waals surface area contributed by atoms with Crippen LogP contribution in [0.25, 0.3) is 0 Å². The Balaban J connectivity index is 2.15. The van der Waals surface area contributed by atoms with Gasteiger partial charge in [-0.15, -0.1) is 0 Å². The van der Waals surface area contributed by atoms with E-state index in [2.05, 4.69) is 15.6 Å². The predicted octanol–water partition coefficient (Wildman–Crippen LogP) is 1.58. The first-order valence-corrected chi connectivity index (χ1v) is 7.27. The number of carbonyl (C=O) groups excluding carboxylic acids is 2. The van der Waals surface area contributed by atoms with Gasteiger partial charge in [-0.1, -0.05) is 6.42 Å². The van der Waals surface area contributed by atoms with E-state index in [4.69, 9.17) is 4.74 Å². The van der Waals surface area contributed by atoms with Crippen LogP contribution in [0.15, 0.2) is 18.3 Å². The fraction of sp³-hybridized carbons (Fsp3) is 0.533. The van der Waals surface area contributed by atoms with Gasteiger partial charge in [-0.05, 0) is 31.9 Å². The lowest BCUT2D eigenvalue weighted by molar-refractivity contribution is -0.124. The second kappa shape index (κ2) is 7.06. The number of carbonyl (C=O) groups is 2. The average molecular weight is 291 g/mol. The van der Waals surface area contributed by atoms with Crippen LogP contribution in [0.3, 0.4) is 0 Å². The number of nitrogens with one attached hydrogen (secondary N) is 2. The van der Waals surface area contributed by atoms with Gasteiger partial charge in [0.05, 0.1) is 12.5 Å². The highest BCUT2D eigenvalue weighted by molar-refractivity contribution is 5.94. The molecule has 0 aromatic carbocycles. The zero-order valence-corrected chi connectivity index (χ0v) is 12.4. The lowest BCUT2D eigenvalue weighted by Crippen LogP contribution is -2.36. The molecular formula is C15H21N3O3. The summed E-state index contributed by atoms with van der Waals surface area (Å²) in [5.74, 6) is 0.0185. The average Bonchev–Trinajstić information content (AvgIpc) is 2.95. The summed E-state index contributed by atoms with van der Waals surface area (Å²) in [4.78, 5) is 28.0. The van der Waals surface area contributed by atoms with Crippen molar-refractivity contribution in [1.29, 1.82) is 0 Å². The van der Waals surface area contributed by atoms with Crippen molar-refractivity contribution in [2.75, 3.05) is 19.0 Å². The maximum absolute atomic E-state index is 11.9. The fourth-order valence-corrected chi connectivity index (χ4v) is 2.70. The van der Waals surface area contributed by atoms with Crippen LogP contribution in [-0.4, -0.2) is 36.6 Å². The molecule has 1 aromatic rings. The first-order chi connectivity index (χ1) is 10.2. The van der Waals surface area contributed by atoms with Crippen LogP contribution in [0.4, 0.5) is 5.82 Å². The zero-order chi connectivity index (χ0) is 15.2. The zero-order valence-electron chi connectivity index (χ0n) is 12.4. The van der Waals surface area contributed by atoms with Gasteiger partial charge in [0.15, 0.2) is 0 Å². The Labute approximate surface area is 124 Å². The van der Waals surface area contributed by atoms with E-state index in [-0.39, 0.29) is 17.9 Å². The monoisotopic (exact) mass is 291 g/mol. The number of rotatable bonds is 5. The van der Waals surface area contributed by atoms with Gasteiger partial charge in [-0.25, -0.2) is 9.78 Å². The van der Waals surface area contributed by atoms with Crippen LogP contribution < -0.4 is 10.6 Å². The molecule has 1 aliphatic carbocycles. The lowest BCUT2D eigenvalue weighted by atomic mass is 10.0. The molecule has 0 radical (unpaired) electrons. The highest BCUT2D eigenvalue weighted by Crippen LogP contribution is 2.29. The largest absolute Gasteiger partial charge is 0.462 e. The third-order valence-corrected chi connectivity index (χ3v) is 3.72. The number of nitrogens with zero attached hydrogens (tertiary/aromatic N) is 1. The normalized spacial score (nSPS) is 20.9. The highest BCUT2D eigenvalue weighted by Gasteiger charge is 2.33. The number of ether oxygens (including phenoxy) is 1. The van der Waals surface area contributed by atoms with Crippen molar-refractivity contribution in [3.05, 3.63) is 23.9 Å². The van der Waals surface area contributed by atoms with Crippen molar-refractivity contribution in [3.63, 3.8) is 0 Å². The van der Waals surface area contributed by atoms with Crippen LogP contribution in [0.2, 0.25) is 0 Å². The minimum atomic E-state index is -0.400. The van der Waals surface area contributed by atoms with Gasteiger partial charge < -0.3 is 15.4 Å². The Morgan fingerprint density at radius 3 is 2.95 bits per heavy atom. The number of hydrogen-bond acceptors (Lipinski definition) is 5. The molecular weight excluding hydrogens is 270 g/mol. The summed E-state index contributed by atoms with van der Waals surface area (Å²) >= 11 is 0. The highest BCUT2D eigenvalue weighted by atomic mass is 16.5. The van der Waals surface area contributed by atoms with Gasteiger partial charge in [-0.2, -0.15) is 0 Å². The second-order valence-corrected chi connectivity index (χ2v) is 5.02. The topological polar surface area (TPSA) is 80.3 Å². The van der Waals surface area contributed by atoms with Crippen molar-refractivity contribution in [1.82, 2.24) is 10.3 Å². The molecule has 2 N–H and O–H groups in total. The number of anilines is 1. The molecule has 6 nitrogen and oxygen atoms in total. The van der Waals surface area contributed by atoms with E-state index < -0.39 is 5.97 Å². The first kappa shape index (κ1) is 15.3. The molecule has 2 rings (SSSR count). The van der Waals surface area contributed by atoms with Gasteiger partial charge in [0.25, 0.3) is 0 Å². The van der Waals surface area contributed by atoms with E-state index in [0.717, 1.165) is 19.3 Å². The van der Waals surface area contributed by atoms with Crippen LogP contribution in [0.1, 0.15) is 36.5 Å². The van der Waals surface area contributed by atoms with Crippen molar-refractivity contribution >= 4 is 17.7 Å². The van der Waals surface area contributed by atoms with Crippen LogP contribution >= 0.6 is 0 Å². The molecule has 1 aromatic heterocycles. The Kier molecular flexibility index (Phi) is 5.14. The molecule has 0 unspecified atom stereocenters. The van der Waals surface area contributed by atoms with E-state index >= 15 is 0 Å². The third kappa shape index (κ3) is 3.51. The predicted molar refractivity (Wildman–Crippen MR) is 79.0 cm³/mol. The van der Waals surface area contributed by atoms with Gasteiger partial charge in [0, 0.05) is 19.3 Å². The van der Waals surface area contributed by atoms with Crippen LogP contribution in [0.5, 0.6) is 0 Å². The first-order valence-electron chi connectivity index (χ1n) is 7.27. The summed E-state index contributed by atoms with van der Waals surface area (Å²) in [5, 5.41) is 5.93. The Hall–Kier alpha value is -2.11. The van der Waals surface area contributed by atoms with Gasteiger partial charge >= 0.3 is 5.97 Å². The van der Waals surface area contributed by atoms with E-state index in [9.17, 15) is 9.59 Å². The number of amides is 1. The number of pyridine rings is 1. The maximum Gasteiger partial charge on any atom is 0.341 e. The van der Waals surface area contributed by atoms with Crippen molar-refractivity contribution in [2.24, 2.45) is 5.92 Å². The summed E-state index contributed by atoms with van der Waals surface area (Å²) in [6, 6.07) is 3.37. The summed E-state index contributed by atoms with van der Waals surface area (Å²) in [5.41, 5.74) is 0.405. The molecule has 1 amide bonds. The van der Waals surface area contributed by atoms with Crippen molar-refractivity contribution in [2.45, 2.75) is 32.2 Å². The SMILES string of the molecule is CCOC(=O)c1cccnc1N[C@@H]1CCC[C@@H]1C(=O)NC. The standard InChI is InChI=1S/C15H21N3O3/c1-3-21-15(20)11-7-5-9-17-13(11)18-12-8-4-6-10(12)14(19)16-2/h5,7,9-10,12H,3-4,6,8H2,1-2H3,(H,16,19)(H,17,18)/t10-,12+/m0/s1. The Morgan fingerprint density at radius 1 is 1.43 bits per heavy atom. The molecule has 1 aliphatic rings. The Morgan fingerprint density at radius 2 is 2.24 bits per heavy atom. The maximum atomic E-state index is 11.9. The third-order valence-electron chi connectivity index (χ3n) is 3.72. The van der Waals surface area contributed by atoms with E-state index in [1.54, 1.807) is 32.3 Å². The van der Waals surface area contributed by atoms with Gasteiger partial charge in [0.1, 0.15) is 11.4 Å². The summed E-state index contributed by atoms with van der Waals surface area (Å²) in [6.07, 6.45) is 4.34. The molecule has 1 saturated carbocycles. The number of esters is 1. The fourth-order valence-electron chi connectivity index (χ4n) is 2.70. The van der Waals surface area contributed by atoms with Gasteiger partial charge in [0.2, 0.25) is 5.91 Å². The molecule has 114 valence electrons. The molecule has 6 heteroatoms. The second-order valence-electron chi connectivity index (χ2n) is 5.02. The van der Waals surface area contributed by atoms with Crippen molar-refractivity contribution in [3.8, 4) is 0 Å². The quantitative estimate of drug-likeness (QED) is 0.805. The number of aromatic nitrogens is 1. The lowest BCUT2D eigenvalue weighted by Gasteiger charge is -2.21. The van der Waals surface area contributed by atoms with Crippen LogP contribution in [-0.2, 0) is 9.53 Å². The molecule has 1 fully saturated rings. The minimum absolute atomic E-state index is 0.00646. The van der Waals surface area contributed by atoms with E-state index in [0.29, 0.717) is 18.0 Å². The molecule has 0 spiro atoms. The molecule has 21 heavy (non-hydrogen) atoms. The summed E-state index contributed by atoms with van der Waals surface area (Å²) in [6.45, 7) is 2.08. The summed E-state index contributed by atoms with van der Waals surface area (Å²) in [7, 11) is 1.64. The molecule has 1 heterocycles. The molecule has 0 bridgehead atoms. The minimum Gasteiger partial charge on any atom is -0.462 e.